The fraction of sp³-hybridized carbons (Fsp3) is 0.368. The van der Waals surface area contributed by atoms with Crippen LogP contribution in [0.1, 0.15) is 30.7 Å². The molecule has 6 heteroatoms. The molecule has 0 saturated carbocycles. The van der Waals surface area contributed by atoms with Crippen molar-refractivity contribution in [2.24, 2.45) is 4.99 Å². The average Bonchev–Trinajstić information content (AvgIpc) is 2.57. The fourth-order valence-electron chi connectivity index (χ4n) is 2.29. The number of benzene rings is 1. The highest BCUT2D eigenvalue weighted by atomic mass is 19.1. The van der Waals surface area contributed by atoms with Gasteiger partial charge in [0.15, 0.2) is 5.96 Å². The maximum absolute atomic E-state index is 13.6. The normalized spacial score (nSPS) is 11.5. The van der Waals surface area contributed by atoms with E-state index in [1.165, 1.54) is 6.07 Å². The molecule has 134 valence electrons. The Morgan fingerprint density at radius 1 is 1.24 bits per heavy atom. The predicted molar refractivity (Wildman–Crippen MR) is 98.2 cm³/mol. The topological polar surface area (TPSA) is 58.5 Å². The third kappa shape index (κ3) is 5.74. The smallest absolute Gasteiger partial charge is 0.191 e. The Bertz CT molecular complexity index is 731. The molecule has 0 spiro atoms. The summed E-state index contributed by atoms with van der Waals surface area (Å²) >= 11 is 0. The molecule has 2 N–H and O–H groups in total. The van der Waals surface area contributed by atoms with Gasteiger partial charge < -0.3 is 15.4 Å². The van der Waals surface area contributed by atoms with Crippen LogP contribution in [-0.2, 0) is 13.1 Å². The molecule has 1 aromatic carbocycles. The standard InChI is InChI=1S/C19H25FN4O/c1-13(2)25-18-10-14(3)7-8-15(18)11-23-19(21-4)24-12-17-16(20)6-5-9-22-17/h5-10,13H,11-12H2,1-4H3,(H2,21,23,24). The van der Waals surface area contributed by atoms with Crippen molar-refractivity contribution in [2.45, 2.75) is 40.0 Å². The van der Waals surface area contributed by atoms with Crippen molar-refractivity contribution in [3.63, 3.8) is 0 Å². The number of aliphatic imine (C=N–C) groups is 1. The van der Waals surface area contributed by atoms with Crippen LogP contribution in [-0.4, -0.2) is 24.1 Å². The van der Waals surface area contributed by atoms with Crippen LogP contribution in [0, 0.1) is 12.7 Å². The van der Waals surface area contributed by atoms with E-state index in [0.717, 1.165) is 16.9 Å². The van der Waals surface area contributed by atoms with Gasteiger partial charge in [0.1, 0.15) is 11.6 Å². The van der Waals surface area contributed by atoms with Gasteiger partial charge in [0.25, 0.3) is 0 Å². The highest BCUT2D eigenvalue weighted by molar-refractivity contribution is 5.79. The van der Waals surface area contributed by atoms with Crippen molar-refractivity contribution in [3.05, 3.63) is 59.2 Å². The van der Waals surface area contributed by atoms with Crippen LogP contribution in [0.15, 0.2) is 41.5 Å². The van der Waals surface area contributed by atoms with Crippen LogP contribution in [0.2, 0.25) is 0 Å². The van der Waals surface area contributed by atoms with E-state index < -0.39 is 0 Å². The molecule has 0 saturated heterocycles. The number of hydrogen-bond acceptors (Lipinski definition) is 3. The monoisotopic (exact) mass is 344 g/mol. The molecule has 0 unspecified atom stereocenters. The maximum atomic E-state index is 13.6. The molecule has 1 aromatic heterocycles. The maximum Gasteiger partial charge on any atom is 0.191 e. The Hall–Kier alpha value is -2.63. The molecule has 0 amide bonds. The molecule has 0 radical (unpaired) electrons. The highest BCUT2D eigenvalue weighted by Crippen LogP contribution is 2.21. The average molecular weight is 344 g/mol. The van der Waals surface area contributed by atoms with E-state index in [0.29, 0.717) is 18.2 Å². The number of rotatable bonds is 6. The second kappa shape index (κ2) is 9.01. The number of aryl methyl sites for hydroxylation is 1. The van der Waals surface area contributed by atoms with E-state index in [1.807, 2.05) is 39.0 Å². The molecule has 1 heterocycles. The van der Waals surface area contributed by atoms with Gasteiger partial charge in [-0.1, -0.05) is 12.1 Å². The Kier molecular flexibility index (Phi) is 6.74. The first-order valence-electron chi connectivity index (χ1n) is 8.29. The summed E-state index contributed by atoms with van der Waals surface area (Å²) in [6.07, 6.45) is 1.67. The molecular formula is C19H25FN4O. The lowest BCUT2D eigenvalue weighted by Gasteiger charge is -2.17. The number of pyridine rings is 1. The first-order chi connectivity index (χ1) is 12.0. The minimum atomic E-state index is -0.336. The van der Waals surface area contributed by atoms with E-state index >= 15 is 0 Å². The second-order valence-electron chi connectivity index (χ2n) is 5.99. The number of halogens is 1. The second-order valence-corrected chi connectivity index (χ2v) is 5.99. The van der Waals surface area contributed by atoms with Gasteiger partial charge in [-0.15, -0.1) is 0 Å². The minimum absolute atomic E-state index is 0.102. The number of nitrogens with zero attached hydrogens (tertiary/aromatic N) is 2. The predicted octanol–water partition coefficient (Wildman–Crippen LogP) is 3.18. The number of ether oxygens (including phenoxy) is 1. The Morgan fingerprint density at radius 3 is 2.68 bits per heavy atom. The Morgan fingerprint density at radius 2 is 2.00 bits per heavy atom. The molecule has 0 aliphatic carbocycles. The van der Waals surface area contributed by atoms with Crippen LogP contribution in [0.25, 0.3) is 0 Å². The van der Waals surface area contributed by atoms with E-state index in [2.05, 4.69) is 20.6 Å². The summed E-state index contributed by atoms with van der Waals surface area (Å²) in [6.45, 7) is 6.84. The van der Waals surface area contributed by atoms with Crippen molar-refractivity contribution in [1.82, 2.24) is 15.6 Å². The van der Waals surface area contributed by atoms with Gasteiger partial charge >= 0.3 is 0 Å². The van der Waals surface area contributed by atoms with Crippen molar-refractivity contribution < 1.29 is 9.13 Å². The largest absolute Gasteiger partial charge is 0.491 e. The molecule has 0 fully saturated rings. The third-order valence-electron chi connectivity index (χ3n) is 3.51. The fourth-order valence-corrected chi connectivity index (χ4v) is 2.29. The lowest BCUT2D eigenvalue weighted by Crippen LogP contribution is -2.36. The van der Waals surface area contributed by atoms with E-state index in [-0.39, 0.29) is 18.5 Å². The van der Waals surface area contributed by atoms with Crippen molar-refractivity contribution in [3.8, 4) is 5.75 Å². The lowest BCUT2D eigenvalue weighted by molar-refractivity contribution is 0.239. The summed E-state index contributed by atoms with van der Waals surface area (Å²) in [5, 5.41) is 6.28. The van der Waals surface area contributed by atoms with E-state index in [9.17, 15) is 4.39 Å². The zero-order valence-corrected chi connectivity index (χ0v) is 15.1. The molecule has 0 bridgehead atoms. The molecule has 2 aromatic rings. The molecular weight excluding hydrogens is 319 g/mol. The van der Waals surface area contributed by atoms with Gasteiger partial charge in [-0.25, -0.2) is 4.39 Å². The highest BCUT2D eigenvalue weighted by Gasteiger charge is 2.08. The third-order valence-corrected chi connectivity index (χ3v) is 3.51. The number of aromatic nitrogens is 1. The SMILES string of the molecule is CN=C(NCc1ccc(C)cc1OC(C)C)NCc1ncccc1F. The first-order valence-corrected chi connectivity index (χ1v) is 8.29. The number of nitrogens with one attached hydrogen (secondary N) is 2. The van der Waals surface area contributed by atoms with Crippen molar-refractivity contribution in [2.75, 3.05) is 7.05 Å². The van der Waals surface area contributed by atoms with Gasteiger partial charge in [0, 0.05) is 25.4 Å². The van der Waals surface area contributed by atoms with Gasteiger partial charge in [0.2, 0.25) is 0 Å². The Balaban J connectivity index is 1.98. The summed E-state index contributed by atoms with van der Waals surface area (Å²) in [6, 6.07) is 9.06. The van der Waals surface area contributed by atoms with Crippen LogP contribution in [0.3, 0.4) is 0 Å². The molecule has 0 atom stereocenters. The van der Waals surface area contributed by atoms with Gasteiger partial charge in [-0.3, -0.25) is 9.98 Å². The number of hydrogen-bond donors (Lipinski definition) is 2. The van der Waals surface area contributed by atoms with Crippen LogP contribution >= 0.6 is 0 Å². The Labute approximate surface area is 148 Å². The van der Waals surface area contributed by atoms with Crippen molar-refractivity contribution in [1.29, 1.82) is 0 Å². The summed E-state index contributed by atoms with van der Waals surface area (Å²) in [7, 11) is 1.67. The van der Waals surface area contributed by atoms with Crippen LogP contribution in [0.4, 0.5) is 4.39 Å². The minimum Gasteiger partial charge on any atom is -0.491 e. The van der Waals surface area contributed by atoms with Gasteiger partial charge in [0.05, 0.1) is 18.3 Å². The van der Waals surface area contributed by atoms with E-state index in [1.54, 1.807) is 19.3 Å². The van der Waals surface area contributed by atoms with Gasteiger partial charge in [-0.05, 0) is 44.5 Å². The first kappa shape index (κ1) is 18.7. The molecule has 25 heavy (non-hydrogen) atoms. The van der Waals surface area contributed by atoms with Crippen molar-refractivity contribution >= 4 is 5.96 Å². The summed E-state index contributed by atoms with van der Waals surface area (Å²) in [5.74, 6) is 1.09. The molecule has 0 aliphatic rings. The number of guanidine groups is 1. The molecule has 5 nitrogen and oxygen atoms in total. The lowest BCUT2D eigenvalue weighted by atomic mass is 10.1. The van der Waals surface area contributed by atoms with Gasteiger partial charge in [-0.2, -0.15) is 0 Å². The van der Waals surface area contributed by atoms with Crippen LogP contribution < -0.4 is 15.4 Å². The quantitative estimate of drug-likeness (QED) is 0.624. The summed E-state index contributed by atoms with van der Waals surface area (Å²) < 4.78 is 19.5. The van der Waals surface area contributed by atoms with E-state index in [4.69, 9.17) is 4.74 Å². The zero-order valence-electron chi connectivity index (χ0n) is 15.1. The van der Waals surface area contributed by atoms with Crippen LogP contribution in [0.5, 0.6) is 5.75 Å². The summed E-state index contributed by atoms with van der Waals surface area (Å²) in [5.41, 5.74) is 2.53. The molecule has 2 rings (SSSR count). The molecule has 0 aliphatic heterocycles. The zero-order chi connectivity index (χ0) is 18.2. The summed E-state index contributed by atoms with van der Waals surface area (Å²) in [4.78, 5) is 8.18.